The summed E-state index contributed by atoms with van der Waals surface area (Å²) in [7, 11) is 0. The minimum absolute atomic E-state index is 0.182. The summed E-state index contributed by atoms with van der Waals surface area (Å²) in [6, 6.07) is -0.822. The fourth-order valence-corrected chi connectivity index (χ4v) is 10.9. The van der Waals surface area contributed by atoms with Crippen molar-refractivity contribution in [2.24, 2.45) is 0 Å². The Labute approximate surface area is 499 Å². The number of amides is 1. The third kappa shape index (κ3) is 49.6. The molecule has 0 aliphatic carbocycles. The van der Waals surface area contributed by atoms with Crippen molar-refractivity contribution in [3.8, 4) is 0 Å². The lowest BCUT2D eigenvalue weighted by Crippen LogP contribution is -2.60. The summed E-state index contributed by atoms with van der Waals surface area (Å²) >= 11 is 0. The van der Waals surface area contributed by atoms with Gasteiger partial charge >= 0.3 is 0 Å². The van der Waals surface area contributed by atoms with E-state index in [1.807, 2.05) is 6.08 Å². The van der Waals surface area contributed by atoms with Gasteiger partial charge in [0.15, 0.2) is 6.29 Å². The van der Waals surface area contributed by atoms with Crippen molar-refractivity contribution in [3.05, 3.63) is 72.9 Å². The average Bonchev–Trinajstić information content (AvgIpc) is 3.49. The monoisotopic (exact) mass is 1140 g/mol. The molecule has 0 aromatic rings. The van der Waals surface area contributed by atoms with Crippen molar-refractivity contribution in [3.63, 3.8) is 0 Å². The second-order valence-electron chi connectivity index (χ2n) is 23.9. The van der Waals surface area contributed by atoms with Gasteiger partial charge in [0.05, 0.1) is 25.4 Å². The molecule has 0 spiro atoms. The first-order valence-electron chi connectivity index (χ1n) is 34.7. The van der Waals surface area contributed by atoms with E-state index in [-0.39, 0.29) is 12.5 Å². The Kier molecular flexibility index (Phi) is 57.5. The van der Waals surface area contributed by atoms with E-state index in [1.54, 1.807) is 6.08 Å². The molecule has 0 aromatic carbocycles. The highest BCUT2D eigenvalue weighted by molar-refractivity contribution is 5.76. The summed E-state index contributed by atoms with van der Waals surface area (Å²) in [5, 5.41) is 54.6. The molecule has 0 bridgehead atoms. The van der Waals surface area contributed by atoms with Gasteiger partial charge in [-0.25, -0.2) is 0 Å². The Morgan fingerprint density at radius 3 is 1.19 bits per heavy atom. The zero-order chi connectivity index (χ0) is 58.6. The number of carbonyl (C=O) groups excluding carboxylic acids is 1. The quantitative estimate of drug-likeness (QED) is 0.0261. The van der Waals surface area contributed by atoms with Crippen LogP contribution in [-0.4, -0.2) is 87.5 Å². The van der Waals surface area contributed by atoms with Crippen LogP contribution < -0.4 is 5.32 Å². The maximum atomic E-state index is 13.1. The lowest BCUT2D eigenvalue weighted by atomic mass is 9.99. The molecule has 1 heterocycles. The first-order chi connectivity index (χ1) is 39.8. The molecule has 1 saturated heterocycles. The number of aliphatic hydroxyl groups excluding tert-OH is 5. The molecular weight excluding hydrogens is 1010 g/mol. The average molecular weight is 1140 g/mol. The molecule has 1 aliphatic heterocycles. The summed E-state index contributed by atoms with van der Waals surface area (Å²) in [4.78, 5) is 13.1. The Bertz CT molecular complexity index is 1510. The highest BCUT2D eigenvalue weighted by atomic mass is 16.7. The molecule has 1 amide bonds. The van der Waals surface area contributed by atoms with Gasteiger partial charge in [-0.2, -0.15) is 0 Å². The van der Waals surface area contributed by atoms with E-state index in [4.69, 9.17) is 9.47 Å². The molecule has 6 N–H and O–H groups in total. The van der Waals surface area contributed by atoms with Gasteiger partial charge in [0, 0.05) is 6.42 Å². The van der Waals surface area contributed by atoms with E-state index in [9.17, 15) is 30.3 Å². The van der Waals surface area contributed by atoms with E-state index in [0.717, 1.165) is 64.2 Å². The van der Waals surface area contributed by atoms with Gasteiger partial charge < -0.3 is 40.3 Å². The van der Waals surface area contributed by atoms with Crippen LogP contribution in [-0.2, 0) is 14.3 Å². The Morgan fingerprint density at radius 1 is 0.432 bits per heavy atom. The van der Waals surface area contributed by atoms with Crippen LogP contribution in [0.4, 0.5) is 0 Å². The maximum Gasteiger partial charge on any atom is 0.220 e. The molecule has 9 nitrogen and oxygen atoms in total. The number of nitrogens with one attached hydrogen (secondary N) is 1. The van der Waals surface area contributed by atoms with E-state index in [2.05, 4.69) is 79.9 Å². The summed E-state index contributed by atoms with van der Waals surface area (Å²) in [5.74, 6) is -0.182. The van der Waals surface area contributed by atoms with Crippen molar-refractivity contribution in [1.29, 1.82) is 0 Å². The van der Waals surface area contributed by atoms with Crippen molar-refractivity contribution >= 4 is 5.91 Å². The van der Waals surface area contributed by atoms with Gasteiger partial charge in [0.1, 0.15) is 24.4 Å². The lowest BCUT2D eigenvalue weighted by molar-refractivity contribution is -0.302. The Balaban J connectivity index is 2.04. The number of ether oxygens (including phenoxy) is 2. The predicted molar refractivity (Wildman–Crippen MR) is 345 cm³/mol. The van der Waals surface area contributed by atoms with Gasteiger partial charge in [0.2, 0.25) is 5.91 Å². The third-order valence-electron chi connectivity index (χ3n) is 16.3. The standard InChI is InChI=1S/C72H131NO8/c1-3-5-7-9-11-13-15-17-19-21-22-23-24-25-26-27-28-29-30-31-32-33-34-35-36-37-38-39-40-41-42-43-44-46-48-50-52-54-56-58-60-62-68(76)73-65(64-80-72-71(79)70(78)69(77)67(63-74)81-72)66(75)61-59-57-55-53-51-49-47-45-20-18-16-14-12-10-8-6-4-2/h5,7,11,13,17,19,22-23,51,53,59,61,65-67,69-72,74-75,77-79H,3-4,6,8-10,12,14-16,18,20-21,24-50,52,54-58,60,62-64H2,1-2H3,(H,73,76)/b7-5-,13-11-,19-17-,23-22-,53-51+,61-59+. The molecule has 1 fully saturated rings. The molecule has 7 unspecified atom stereocenters. The molecule has 0 saturated carbocycles. The normalized spacial score (nSPS) is 18.8. The summed E-state index contributed by atoms with van der Waals surface area (Å²) in [5.41, 5.74) is 0. The number of carbonyl (C=O) groups is 1. The molecular formula is C72H131NO8. The number of aliphatic hydroxyl groups is 5. The minimum atomic E-state index is -1.57. The van der Waals surface area contributed by atoms with Crippen molar-refractivity contribution in [2.45, 2.75) is 365 Å². The van der Waals surface area contributed by atoms with Gasteiger partial charge in [0.25, 0.3) is 0 Å². The van der Waals surface area contributed by atoms with Crippen LogP contribution in [0, 0.1) is 0 Å². The molecule has 1 aliphatic rings. The molecule has 472 valence electrons. The molecule has 9 heteroatoms. The van der Waals surface area contributed by atoms with Crippen molar-refractivity contribution in [1.82, 2.24) is 5.32 Å². The molecule has 0 aromatic heterocycles. The van der Waals surface area contributed by atoms with Gasteiger partial charge in [-0.15, -0.1) is 0 Å². The fraction of sp³-hybridized carbons (Fsp3) is 0.819. The number of hydrogen-bond donors (Lipinski definition) is 6. The van der Waals surface area contributed by atoms with Crippen molar-refractivity contribution < 1.29 is 39.8 Å². The number of unbranched alkanes of at least 4 members (excludes halogenated alkanes) is 40. The predicted octanol–water partition coefficient (Wildman–Crippen LogP) is 18.8. The van der Waals surface area contributed by atoms with Crippen LogP contribution in [0.2, 0.25) is 0 Å². The first kappa shape index (κ1) is 76.6. The first-order valence-corrected chi connectivity index (χ1v) is 34.7. The largest absolute Gasteiger partial charge is 0.394 e. The smallest absolute Gasteiger partial charge is 0.220 e. The summed E-state index contributed by atoms with van der Waals surface area (Å²) in [6.07, 6.45) is 78.8. The second-order valence-corrected chi connectivity index (χ2v) is 23.9. The molecule has 1 rings (SSSR count). The topological polar surface area (TPSA) is 149 Å². The maximum absolute atomic E-state index is 13.1. The van der Waals surface area contributed by atoms with E-state index >= 15 is 0 Å². The number of rotatable bonds is 60. The van der Waals surface area contributed by atoms with Crippen LogP contribution in [0.25, 0.3) is 0 Å². The van der Waals surface area contributed by atoms with E-state index < -0.39 is 49.5 Å². The van der Waals surface area contributed by atoms with Crippen LogP contribution in [0.15, 0.2) is 72.9 Å². The van der Waals surface area contributed by atoms with Crippen LogP contribution in [0.5, 0.6) is 0 Å². The van der Waals surface area contributed by atoms with Crippen LogP contribution in [0.3, 0.4) is 0 Å². The Hall–Kier alpha value is -2.37. The minimum Gasteiger partial charge on any atom is -0.394 e. The van der Waals surface area contributed by atoms with E-state index in [1.165, 1.54) is 238 Å². The van der Waals surface area contributed by atoms with Gasteiger partial charge in [-0.3, -0.25) is 4.79 Å². The molecule has 7 atom stereocenters. The van der Waals surface area contributed by atoms with Crippen LogP contribution in [0.1, 0.15) is 322 Å². The summed E-state index contributed by atoms with van der Waals surface area (Å²) in [6.45, 7) is 3.68. The molecule has 81 heavy (non-hydrogen) atoms. The zero-order valence-electron chi connectivity index (χ0n) is 52.8. The number of allylic oxidation sites excluding steroid dienone is 11. The van der Waals surface area contributed by atoms with Gasteiger partial charge in [-0.05, 0) is 70.6 Å². The SMILES string of the molecule is CC/C=C\C/C=C\C/C=C\C/C=C\CCCCCCCCCCCCCCCCCCCCCCCCCCCCCCC(=O)NC(COC1OC(CO)C(O)C(O)C1O)C(O)/C=C/CC/C=C/CCCCCCCCCCCCC. The third-order valence-corrected chi connectivity index (χ3v) is 16.3. The van der Waals surface area contributed by atoms with Crippen molar-refractivity contribution in [2.75, 3.05) is 13.2 Å². The van der Waals surface area contributed by atoms with Gasteiger partial charge in [-0.1, -0.05) is 318 Å². The van der Waals surface area contributed by atoms with Crippen LogP contribution >= 0.6 is 0 Å². The Morgan fingerprint density at radius 2 is 0.778 bits per heavy atom. The highest BCUT2D eigenvalue weighted by Gasteiger charge is 2.44. The highest BCUT2D eigenvalue weighted by Crippen LogP contribution is 2.23. The number of hydrogen-bond acceptors (Lipinski definition) is 8. The molecule has 0 radical (unpaired) electrons. The second kappa shape index (κ2) is 60.7. The lowest BCUT2D eigenvalue weighted by Gasteiger charge is -2.40. The summed E-state index contributed by atoms with van der Waals surface area (Å²) < 4.78 is 11.3. The zero-order valence-corrected chi connectivity index (χ0v) is 52.8. The van der Waals surface area contributed by atoms with E-state index in [0.29, 0.717) is 6.42 Å². The fourth-order valence-electron chi connectivity index (χ4n) is 10.9.